The first-order valence-corrected chi connectivity index (χ1v) is 10.6. The predicted molar refractivity (Wildman–Crippen MR) is 119 cm³/mol. The molecule has 1 aliphatic heterocycles. The summed E-state index contributed by atoms with van der Waals surface area (Å²) < 4.78 is 13.6. The summed E-state index contributed by atoms with van der Waals surface area (Å²) >= 11 is 0. The number of halogens is 1. The number of aryl methyl sites for hydroxylation is 2. The van der Waals surface area contributed by atoms with Crippen LogP contribution in [0.5, 0.6) is 0 Å². The van der Waals surface area contributed by atoms with E-state index in [0.717, 1.165) is 22.3 Å². The van der Waals surface area contributed by atoms with E-state index in [4.69, 9.17) is 0 Å². The number of aromatic nitrogens is 2. The predicted octanol–water partition coefficient (Wildman–Crippen LogP) is 3.33. The maximum atomic E-state index is 13.6. The lowest BCUT2D eigenvalue weighted by atomic mass is 9.90. The smallest absolute Gasteiger partial charge is 0.257 e. The van der Waals surface area contributed by atoms with Crippen molar-refractivity contribution in [1.29, 1.82) is 0 Å². The van der Waals surface area contributed by atoms with Gasteiger partial charge in [0.15, 0.2) is 0 Å². The fourth-order valence-corrected chi connectivity index (χ4v) is 4.17. The van der Waals surface area contributed by atoms with E-state index in [-0.39, 0.29) is 17.6 Å². The molecule has 1 saturated heterocycles. The van der Waals surface area contributed by atoms with Gasteiger partial charge in [-0.25, -0.2) is 14.4 Å². The average molecular weight is 432 g/mol. The molecule has 1 fully saturated rings. The van der Waals surface area contributed by atoms with Crippen LogP contribution < -0.4 is 5.32 Å². The van der Waals surface area contributed by atoms with Gasteiger partial charge in [-0.1, -0.05) is 30.3 Å². The van der Waals surface area contributed by atoms with Gasteiger partial charge in [0, 0.05) is 25.8 Å². The normalized spacial score (nSPS) is 16.4. The Kier molecular flexibility index (Phi) is 6.25. The second kappa shape index (κ2) is 9.26. The molecular formula is C25H25FN4O2. The molecule has 0 bridgehead atoms. The van der Waals surface area contributed by atoms with E-state index in [1.807, 2.05) is 31.2 Å². The average Bonchev–Trinajstić information content (AvgIpc) is 2.96. The Balaban J connectivity index is 1.61. The first-order chi connectivity index (χ1) is 15.4. The number of nitrogens with one attached hydrogen (secondary N) is 1. The van der Waals surface area contributed by atoms with Crippen LogP contribution in [0.3, 0.4) is 0 Å². The largest absolute Gasteiger partial charge is 0.354 e. The second-order valence-electron chi connectivity index (χ2n) is 8.08. The summed E-state index contributed by atoms with van der Waals surface area (Å²) in [6, 6.07) is 12.6. The highest BCUT2D eigenvalue weighted by Gasteiger charge is 2.29. The highest BCUT2D eigenvalue weighted by atomic mass is 19.1. The molecular weight excluding hydrogens is 407 g/mol. The minimum atomic E-state index is -0.409. The number of nitrogens with zero attached hydrogens (tertiary/aromatic N) is 3. The molecule has 6 nitrogen and oxygen atoms in total. The summed E-state index contributed by atoms with van der Waals surface area (Å²) in [7, 11) is 0. The van der Waals surface area contributed by atoms with Crippen molar-refractivity contribution in [3.63, 3.8) is 0 Å². The first-order valence-electron chi connectivity index (χ1n) is 10.6. The van der Waals surface area contributed by atoms with Gasteiger partial charge in [0.25, 0.3) is 5.91 Å². The zero-order valence-electron chi connectivity index (χ0n) is 18.1. The van der Waals surface area contributed by atoms with Crippen LogP contribution in [-0.4, -0.2) is 46.3 Å². The van der Waals surface area contributed by atoms with Gasteiger partial charge in [-0.15, -0.1) is 0 Å². The Hall–Kier alpha value is -3.61. The topological polar surface area (TPSA) is 75.2 Å². The van der Waals surface area contributed by atoms with E-state index in [2.05, 4.69) is 15.3 Å². The SMILES string of the molecule is Cc1cc(F)ccc1-c1ccccc1C[C@H]1CN(C(=O)c2cncnc2C)CCNC1=O. The van der Waals surface area contributed by atoms with Crippen LogP contribution in [0, 0.1) is 25.6 Å². The molecule has 0 radical (unpaired) electrons. The summed E-state index contributed by atoms with van der Waals surface area (Å²) in [6.07, 6.45) is 3.40. The summed E-state index contributed by atoms with van der Waals surface area (Å²) in [5.74, 6) is -0.936. The van der Waals surface area contributed by atoms with Crippen LogP contribution in [-0.2, 0) is 11.2 Å². The van der Waals surface area contributed by atoms with Gasteiger partial charge < -0.3 is 10.2 Å². The van der Waals surface area contributed by atoms with E-state index in [1.165, 1.54) is 24.7 Å². The number of carbonyl (C=O) groups excluding carboxylic acids is 2. The first kappa shape index (κ1) is 21.6. The van der Waals surface area contributed by atoms with Crippen molar-refractivity contribution in [2.75, 3.05) is 19.6 Å². The van der Waals surface area contributed by atoms with Crippen molar-refractivity contribution >= 4 is 11.8 Å². The Morgan fingerprint density at radius 2 is 2.00 bits per heavy atom. The van der Waals surface area contributed by atoms with Crippen molar-refractivity contribution < 1.29 is 14.0 Å². The summed E-state index contributed by atoms with van der Waals surface area (Å²) in [5.41, 5.74) is 4.77. The summed E-state index contributed by atoms with van der Waals surface area (Å²) in [5, 5.41) is 2.93. The Morgan fingerprint density at radius 3 is 2.78 bits per heavy atom. The molecule has 32 heavy (non-hydrogen) atoms. The number of hydrogen-bond donors (Lipinski definition) is 1. The second-order valence-corrected chi connectivity index (χ2v) is 8.08. The number of amides is 2. The van der Waals surface area contributed by atoms with Crippen molar-refractivity contribution in [1.82, 2.24) is 20.2 Å². The van der Waals surface area contributed by atoms with E-state index >= 15 is 0 Å². The van der Waals surface area contributed by atoms with Gasteiger partial charge in [0.1, 0.15) is 12.1 Å². The molecule has 0 saturated carbocycles. The minimum Gasteiger partial charge on any atom is -0.354 e. The molecule has 0 spiro atoms. The third-order valence-corrected chi connectivity index (χ3v) is 5.88. The van der Waals surface area contributed by atoms with Crippen LogP contribution in [0.15, 0.2) is 55.0 Å². The van der Waals surface area contributed by atoms with E-state index in [9.17, 15) is 14.0 Å². The zero-order chi connectivity index (χ0) is 22.7. The number of rotatable bonds is 4. The lowest BCUT2D eigenvalue weighted by Gasteiger charge is -2.24. The van der Waals surface area contributed by atoms with Gasteiger partial charge in [0.05, 0.1) is 17.2 Å². The van der Waals surface area contributed by atoms with Gasteiger partial charge >= 0.3 is 0 Å². The molecule has 4 rings (SSSR count). The van der Waals surface area contributed by atoms with Crippen molar-refractivity contribution in [3.8, 4) is 11.1 Å². The molecule has 0 aliphatic carbocycles. The van der Waals surface area contributed by atoms with E-state index in [1.54, 1.807) is 17.9 Å². The third kappa shape index (κ3) is 4.51. The molecule has 2 heterocycles. The molecule has 7 heteroatoms. The van der Waals surface area contributed by atoms with Gasteiger partial charge in [0.2, 0.25) is 5.91 Å². The summed E-state index contributed by atoms with van der Waals surface area (Å²) in [4.78, 5) is 35.7. The lowest BCUT2D eigenvalue weighted by Crippen LogP contribution is -2.37. The number of carbonyl (C=O) groups is 2. The van der Waals surface area contributed by atoms with Crippen molar-refractivity contribution in [3.05, 3.63) is 83.2 Å². The van der Waals surface area contributed by atoms with Gasteiger partial charge in [-0.3, -0.25) is 9.59 Å². The highest BCUT2D eigenvalue weighted by Crippen LogP contribution is 2.29. The maximum Gasteiger partial charge on any atom is 0.257 e. The van der Waals surface area contributed by atoms with Crippen molar-refractivity contribution in [2.24, 2.45) is 5.92 Å². The molecule has 3 aromatic rings. The van der Waals surface area contributed by atoms with Gasteiger partial charge in [-0.05, 0) is 54.7 Å². The van der Waals surface area contributed by atoms with E-state index < -0.39 is 5.92 Å². The van der Waals surface area contributed by atoms with E-state index in [0.29, 0.717) is 37.3 Å². The fraction of sp³-hybridized carbons (Fsp3) is 0.280. The molecule has 164 valence electrons. The molecule has 0 unspecified atom stereocenters. The summed E-state index contributed by atoms with van der Waals surface area (Å²) in [6.45, 7) is 4.77. The highest BCUT2D eigenvalue weighted by molar-refractivity contribution is 5.95. The third-order valence-electron chi connectivity index (χ3n) is 5.88. The number of hydrogen-bond acceptors (Lipinski definition) is 4. The van der Waals surface area contributed by atoms with Crippen LogP contribution >= 0.6 is 0 Å². The van der Waals surface area contributed by atoms with Crippen LogP contribution in [0.4, 0.5) is 4.39 Å². The maximum absolute atomic E-state index is 13.6. The molecule has 1 aliphatic rings. The minimum absolute atomic E-state index is 0.0769. The quantitative estimate of drug-likeness (QED) is 0.686. The van der Waals surface area contributed by atoms with Crippen LogP contribution in [0.25, 0.3) is 11.1 Å². The Bertz CT molecular complexity index is 1160. The standard InChI is InChI=1S/C25H25FN4O2/c1-16-11-20(26)7-8-21(16)22-6-4-3-5-18(22)12-19-14-30(10-9-28-24(19)31)25(32)23-13-27-15-29-17(23)2/h3-8,11,13,15,19H,9-10,12,14H2,1-2H3,(H,28,31)/t19-/m0/s1. The monoisotopic (exact) mass is 432 g/mol. The molecule has 1 atom stereocenters. The zero-order valence-corrected chi connectivity index (χ0v) is 18.1. The Labute approximate surface area is 186 Å². The van der Waals surface area contributed by atoms with Crippen LogP contribution in [0.1, 0.15) is 27.2 Å². The molecule has 1 aromatic heterocycles. The fourth-order valence-electron chi connectivity index (χ4n) is 4.17. The van der Waals surface area contributed by atoms with Crippen molar-refractivity contribution in [2.45, 2.75) is 20.3 Å². The number of benzene rings is 2. The van der Waals surface area contributed by atoms with Gasteiger partial charge in [-0.2, -0.15) is 0 Å². The lowest BCUT2D eigenvalue weighted by molar-refractivity contribution is -0.124. The molecule has 2 aromatic carbocycles. The molecule has 1 N–H and O–H groups in total. The van der Waals surface area contributed by atoms with Crippen LogP contribution in [0.2, 0.25) is 0 Å². The Morgan fingerprint density at radius 1 is 1.19 bits per heavy atom. The molecule has 2 amide bonds.